The van der Waals surface area contributed by atoms with Crippen LogP contribution in [0.2, 0.25) is 0 Å². The summed E-state index contributed by atoms with van der Waals surface area (Å²) in [5.41, 5.74) is 1.96. The van der Waals surface area contributed by atoms with Crippen molar-refractivity contribution in [2.75, 3.05) is 0 Å². The fourth-order valence-electron chi connectivity index (χ4n) is 3.69. The first-order chi connectivity index (χ1) is 15.9. The molecule has 7 heteroatoms. The fourth-order valence-corrected chi connectivity index (χ4v) is 3.69. The van der Waals surface area contributed by atoms with Crippen molar-refractivity contribution in [1.29, 1.82) is 0 Å². The van der Waals surface area contributed by atoms with Crippen LogP contribution in [0.1, 0.15) is 63.3 Å². The minimum absolute atomic E-state index is 0.198. The number of aryl methyl sites for hydroxylation is 2. The van der Waals surface area contributed by atoms with Crippen LogP contribution < -0.4 is 5.56 Å². The Balaban J connectivity index is 0.00000122. The lowest BCUT2D eigenvalue weighted by Crippen LogP contribution is -2.24. The van der Waals surface area contributed by atoms with Gasteiger partial charge in [-0.15, -0.1) is 0 Å². The topological polar surface area (TPSA) is 86.1 Å². The molecule has 2 aromatic carbocycles. The lowest BCUT2D eigenvalue weighted by molar-refractivity contribution is -0.191. The van der Waals surface area contributed by atoms with Crippen LogP contribution in [-0.4, -0.2) is 21.5 Å². The van der Waals surface area contributed by atoms with Gasteiger partial charge in [0.2, 0.25) is 0 Å². The first-order valence-corrected chi connectivity index (χ1v) is 11.2. The van der Waals surface area contributed by atoms with Gasteiger partial charge in [0.1, 0.15) is 17.4 Å². The van der Waals surface area contributed by atoms with E-state index in [1.807, 2.05) is 19.1 Å². The number of benzene rings is 2. The third-order valence-electron chi connectivity index (χ3n) is 5.33. The lowest BCUT2D eigenvalue weighted by atomic mass is 10.1. The minimum atomic E-state index is -0.396. The standard InChI is InChI=1S/C25H29FN2O2.CO2/c1-3-4-5-11-21(29)12-6-7-13-24-27-23-16-18(2)14-15-22(23)25(30)28(24)20-10-8-9-19(26)17-20;2-1-3/h8-10,14-17H,3-7,11-13H2,1-2H3;. The van der Waals surface area contributed by atoms with E-state index in [2.05, 4.69) is 6.92 Å². The van der Waals surface area contributed by atoms with Gasteiger partial charge >= 0.3 is 6.15 Å². The van der Waals surface area contributed by atoms with E-state index in [1.54, 1.807) is 18.2 Å². The van der Waals surface area contributed by atoms with Crippen molar-refractivity contribution in [2.45, 2.75) is 65.2 Å². The highest BCUT2D eigenvalue weighted by Crippen LogP contribution is 2.17. The highest BCUT2D eigenvalue weighted by atomic mass is 19.1. The maximum atomic E-state index is 13.8. The quantitative estimate of drug-likeness (QED) is 0.399. The zero-order chi connectivity index (χ0) is 24.2. The summed E-state index contributed by atoms with van der Waals surface area (Å²) >= 11 is 0. The summed E-state index contributed by atoms with van der Waals surface area (Å²) in [5.74, 6) is 0.502. The van der Waals surface area contributed by atoms with Crippen molar-refractivity contribution in [3.05, 3.63) is 70.0 Å². The molecule has 0 aliphatic heterocycles. The molecule has 174 valence electrons. The van der Waals surface area contributed by atoms with Crippen LogP contribution in [0.5, 0.6) is 0 Å². The number of fused-ring (bicyclic) bond motifs is 1. The van der Waals surface area contributed by atoms with Gasteiger partial charge in [-0.2, -0.15) is 9.59 Å². The highest BCUT2D eigenvalue weighted by molar-refractivity contribution is 5.79. The van der Waals surface area contributed by atoms with E-state index in [4.69, 9.17) is 14.6 Å². The summed E-state index contributed by atoms with van der Waals surface area (Å²) < 4.78 is 15.3. The van der Waals surface area contributed by atoms with Crippen molar-refractivity contribution in [3.63, 3.8) is 0 Å². The Morgan fingerprint density at radius 1 is 1.03 bits per heavy atom. The average molecular weight is 453 g/mol. The van der Waals surface area contributed by atoms with Crippen molar-refractivity contribution < 1.29 is 18.8 Å². The number of ketones is 1. The zero-order valence-electron chi connectivity index (χ0n) is 19.1. The third-order valence-corrected chi connectivity index (χ3v) is 5.33. The predicted octanol–water partition coefficient (Wildman–Crippen LogP) is 5.11. The second-order valence-electron chi connectivity index (χ2n) is 7.96. The second-order valence-corrected chi connectivity index (χ2v) is 7.96. The fraction of sp³-hybridized carbons (Fsp3) is 0.385. The number of rotatable bonds is 10. The SMILES string of the molecule is CCCCCC(=O)CCCCc1nc2cc(C)ccc2c(=O)n1-c1cccc(F)c1.O=C=O. The smallest absolute Gasteiger partial charge is 0.300 e. The van der Waals surface area contributed by atoms with Gasteiger partial charge in [0, 0.05) is 19.3 Å². The molecule has 0 bridgehead atoms. The molecule has 0 saturated carbocycles. The van der Waals surface area contributed by atoms with Crippen LogP contribution in [0.3, 0.4) is 0 Å². The number of carbonyl (C=O) groups is 1. The van der Waals surface area contributed by atoms with Crippen LogP contribution >= 0.6 is 0 Å². The molecular weight excluding hydrogens is 423 g/mol. The molecule has 1 aromatic heterocycles. The van der Waals surface area contributed by atoms with Crippen molar-refractivity contribution in [3.8, 4) is 5.69 Å². The van der Waals surface area contributed by atoms with E-state index in [9.17, 15) is 14.0 Å². The maximum absolute atomic E-state index is 13.8. The Morgan fingerprint density at radius 3 is 2.39 bits per heavy atom. The lowest BCUT2D eigenvalue weighted by Gasteiger charge is -2.14. The van der Waals surface area contributed by atoms with E-state index in [-0.39, 0.29) is 11.7 Å². The van der Waals surface area contributed by atoms with E-state index in [1.165, 1.54) is 16.7 Å². The number of unbranched alkanes of at least 4 members (excludes halogenated alkanes) is 3. The van der Waals surface area contributed by atoms with Crippen LogP contribution in [0.15, 0.2) is 47.3 Å². The van der Waals surface area contributed by atoms with Gasteiger partial charge in [-0.25, -0.2) is 9.37 Å². The number of halogens is 1. The number of nitrogens with zero attached hydrogens (tertiary/aromatic N) is 2. The number of Topliss-reactive ketones (excluding diaryl/α,β-unsaturated/α-hetero) is 1. The molecule has 3 aromatic rings. The van der Waals surface area contributed by atoms with E-state index in [0.29, 0.717) is 47.5 Å². The first-order valence-electron chi connectivity index (χ1n) is 11.2. The summed E-state index contributed by atoms with van der Waals surface area (Å²) in [6, 6.07) is 11.6. The predicted molar refractivity (Wildman–Crippen MR) is 124 cm³/mol. The molecule has 1 heterocycles. The molecule has 0 N–H and O–H groups in total. The minimum Gasteiger partial charge on any atom is -0.300 e. The number of carbonyl (C=O) groups excluding carboxylic acids is 3. The molecule has 0 unspecified atom stereocenters. The van der Waals surface area contributed by atoms with Gasteiger partial charge in [0.05, 0.1) is 16.6 Å². The summed E-state index contributed by atoms with van der Waals surface area (Å²) in [6.45, 7) is 4.09. The van der Waals surface area contributed by atoms with Crippen LogP contribution in [-0.2, 0) is 20.8 Å². The average Bonchev–Trinajstić information content (AvgIpc) is 2.77. The van der Waals surface area contributed by atoms with E-state index < -0.39 is 5.82 Å². The Bertz CT molecular complexity index is 1180. The summed E-state index contributed by atoms with van der Waals surface area (Å²) in [6.07, 6.45) is 6.67. The molecule has 0 atom stereocenters. The molecule has 0 saturated heterocycles. The van der Waals surface area contributed by atoms with Crippen LogP contribution in [0, 0.1) is 12.7 Å². The maximum Gasteiger partial charge on any atom is 0.373 e. The molecule has 3 rings (SSSR count). The van der Waals surface area contributed by atoms with Gasteiger partial charge in [-0.3, -0.25) is 14.2 Å². The molecule has 0 aliphatic rings. The largest absolute Gasteiger partial charge is 0.373 e. The zero-order valence-corrected chi connectivity index (χ0v) is 19.1. The van der Waals surface area contributed by atoms with Crippen LogP contribution in [0.25, 0.3) is 16.6 Å². The Hall–Kier alpha value is -3.44. The Morgan fingerprint density at radius 2 is 1.73 bits per heavy atom. The molecular formula is C26H29FN2O4. The normalized spacial score (nSPS) is 10.4. The molecule has 0 aliphatic carbocycles. The monoisotopic (exact) mass is 452 g/mol. The summed E-state index contributed by atoms with van der Waals surface area (Å²) in [5, 5.41) is 0.514. The molecule has 0 amide bonds. The summed E-state index contributed by atoms with van der Waals surface area (Å²) in [7, 11) is 0. The number of hydrogen-bond acceptors (Lipinski definition) is 5. The summed E-state index contributed by atoms with van der Waals surface area (Å²) in [4.78, 5) is 46.2. The Kier molecular flexibility index (Phi) is 10.3. The van der Waals surface area contributed by atoms with Gasteiger partial charge < -0.3 is 0 Å². The number of hydrogen-bond donors (Lipinski definition) is 0. The molecule has 0 spiro atoms. The van der Waals surface area contributed by atoms with Crippen molar-refractivity contribution in [1.82, 2.24) is 9.55 Å². The number of aromatic nitrogens is 2. The first kappa shape index (κ1) is 25.8. The van der Waals surface area contributed by atoms with Gasteiger partial charge in [0.15, 0.2) is 0 Å². The van der Waals surface area contributed by atoms with Gasteiger partial charge in [-0.1, -0.05) is 31.9 Å². The molecule has 6 nitrogen and oxygen atoms in total. The van der Waals surface area contributed by atoms with E-state index >= 15 is 0 Å². The van der Waals surface area contributed by atoms with Crippen molar-refractivity contribution >= 4 is 22.8 Å². The van der Waals surface area contributed by atoms with E-state index in [0.717, 1.165) is 37.7 Å². The van der Waals surface area contributed by atoms with Crippen LogP contribution in [0.4, 0.5) is 4.39 Å². The van der Waals surface area contributed by atoms with Crippen molar-refractivity contribution in [2.24, 2.45) is 0 Å². The highest BCUT2D eigenvalue weighted by Gasteiger charge is 2.14. The third kappa shape index (κ3) is 7.58. The molecule has 0 radical (unpaired) electrons. The molecule has 0 fully saturated rings. The second kappa shape index (κ2) is 13.2. The molecule has 33 heavy (non-hydrogen) atoms. The van der Waals surface area contributed by atoms with Gasteiger partial charge in [-0.05, 0) is 62.1 Å². The Labute approximate surface area is 192 Å². The van der Waals surface area contributed by atoms with Gasteiger partial charge in [0.25, 0.3) is 5.56 Å².